The summed E-state index contributed by atoms with van der Waals surface area (Å²) in [6.45, 7) is 4.83. The van der Waals surface area contributed by atoms with E-state index in [9.17, 15) is 35.1 Å². The highest BCUT2D eigenvalue weighted by Gasteiger charge is 2.90. The highest BCUT2D eigenvalue weighted by molar-refractivity contribution is 5.89. The predicted molar refractivity (Wildman–Crippen MR) is 202 cm³/mol. The molecular formula is C45H52O13. The van der Waals surface area contributed by atoms with Crippen LogP contribution in [-0.4, -0.2) is 109 Å². The number of allylic oxidation sites excluding steroid dienone is 2. The number of fused-ring (bicyclic) bond motifs is 6. The van der Waals surface area contributed by atoms with Crippen LogP contribution in [0.3, 0.4) is 0 Å². The minimum absolute atomic E-state index is 0.0988. The maximum absolute atomic E-state index is 13.6. The van der Waals surface area contributed by atoms with E-state index < -0.39 is 107 Å². The minimum Gasteiger partial charge on any atom is -0.456 e. The Balaban J connectivity index is 1.12. The molecule has 12 rings (SSSR count). The molecule has 0 amide bonds. The van der Waals surface area contributed by atoms with Gasteiger partial charge in [0.05, 0.1) is 23.4 Å². The topological polar surface area (TPSA) is 194 Å². The van der Waals surface area contributed by atoms with E-state index in [4.69, 9.17) is 28.4 Å². The third kappa shape index (κ3) is 4.96. The quantitative estimate of drug-likeness (QED) is 0.224. The van der Waals surface area contributed by atoms with Crippen LogP contribution in [0, 0.1) is 35.5 Å². The van der Waals surface area contributed by atoms with E-state index in [0.29, 0.717) is 24.0 Å². The molecule has 8 fully saturated rings. The normalized spacial score (nSPS) is 51.1. The fourth-order valence-corrected chi connectivity index (χ4v) is 13.0. The average Bonchev–Trinajstić information content (AvgIpc) is 3.73. The molecule has 4 saturated carbocycles. The molecule has 2 aromatic carbocycles. The van der Waals surface area contributed by atoms with Gasteiger partial charge in [0.2, 0.25) is 0 Å². The molecule has 310 valence electrons. The van der Waals surface area contributed by atoms with Crippen molar-refractivity contribution in [3.8, 4) is 0 Å². The van der Waals surface area contributed by atoms with Gasteiger partial charge in [0.1, 0.15) is 53.4 Å². The summed E-state index contributed by atoms with van der Waals surface area (Å²) in [5.74, 6) is -6.19. The molecule has 2 aromatic rings. The number of aliphatic hydroxyl groups is 5. The molecule has 5 N–H and O–H groups in total. The van der Waals surface area contributed by atoms with Crippen molar-refractivity contribution in [2.75, 3.05) is 6.61 Å². The highest BCUT2D eigenvalue weighted by Crippen LogP contribution is 2.74. The molecule has 0 aromatic heterocycles. The number of epoxide rings is 1. The Morgan fingerprint density at radius 2 is 1.59 bits per heavy atom. The summed E-state index contributed by atoms with van der Waals surface area (Å²) < 4.78 is 39.4. The average molecular weight is 801 g/mol. The van der Waals surface area contributed by atoms with Crippen LogP contribution in [-0.2, 0) is 39.2 Å². The fraction of sp³-hybridized carbons (Fsp3) is 0.600. The lowest BCUT2D eigenvalue weighted by atomic mass is 9.49. The molecule has 18 atom stereocenters. The second kappa shape index (κ2) is 13.0. The van der Waals surface area contributed by atoms with Crippen LogP contribution in [0.25, 0.3) is 0 Å². The van der Waals surface area contributed by atoms with Gasteiger partial charge in [-0.2, -0.15) is 0 Å². The minimum atomic E-state index is -2.20. The summed E-state index contributed by atoms with van der Waals surface area (Å²) in [5, 5.41) is 63.0. The van der Waals surface area contributed by atoms with Crippen molar-refractivity contribution < 1.29 is 63.5 Å². The van der Waals surface area contributed by atoms with Crippen molar-refractivity contribution in [2.45, 2.75) is 123 Å². The van der Waals surface area contributed by atoms with E-state index >= 15 is 0 Å². The first-order chi connectivity index (χ1) is 27.7. The molecule has 58 heavy (non-hydrogen) atoms. The third-order valence-electron chi connectivity index (χ3n) is 15.9. The molecule has 0 radical (unpaired) electrons. The Labute approximate surface area is 336 Å². The van der Waals surface area contributed by atoms with Crippen LogP contribution in [0.5, 0.6) is 0 Å². The molecule has 4 aliphatic carbocycles. The van der Waals surface area contributed by atoms with Crippen LogP contribution in [0.1, 0.15) is 68.8 Å². The lowest BCUT2D eigenvalue weighted by Crippen LogP contribution is -2.89. The van der Waals surface area contributed by atoms with Crippen LogP contribution in [0.15, 0.2) is 85.0 Å². The molecule has 13 heteroatoms. The summed E-state index contributed by atoms with van der Waals surface area (Å²) in [4.78, 5) is 27.0. The number of aliphatic hydroxyl groups excluding tert-OH is 2. The van der Waals surface area contributed by atoms with Crippen molar-refractivity contribution in [3.05, 3.63) is 96.1 Å². The van der Waals surface area contributed by atoms with Gasteiger partial charge in [0.15, 0.2) is 0 Å². The predicted octanol–water partition coefficient (Wildman–Crippen LogP) is 3.06. The molecule has 6 aliphatic heterocycles. The van der Waals surface area contributed by atoms with Crippen molar-refractivity contribution in [3.63, 3.8) is 0 Å². The fourth-order valence-electron chi connectivity index (χ4n) is 13.0. The third-order valence-corrected chi connectivity index (χ3v) is 15.9. The Morgan fingerprint density at radius 1 is 0.879 bits per heavy atom. The standard InChI is InChI=1S/C45H52O13/c1-24-27-18-19-29(24)30(53-38(48)26-12-6-4-7-13-26)16-10-11-17-33(47)54-32-21-20-31-42(32,51)39(49)41(23-46)36(55-41)34-37-44(52,40(3,50)22-27)35-25(2)43(31,34)58-45(56-35,57-37)28-14-8-5-9-15-28/h4-17,24-25,27,29-32,34-37,39,46,49-52H,18-23H2,1-3H3. The monoisotopic (exact) mass is 800 g/mol. The molecule has 1 spiro atoms. The lowest BCUT2D eigenvalue weighted by molar-refractivity contribution is -0.595. The highest BCUT2D eigenvalue weighted by atomic mass is 16.9. The van der Waals surface area contributed by atoms with Gasteiger partial charge in [-0.05, 0) is 69.1 Å². The second-order valence-corrected chi connectivity index (χ2v) is 18.4. The van der Waals surface area contributed by atoms with Crippen molar-refractivity contribution in [1.29, 1.82) is 0 Å². The maximum atomic E-state index is 13.6. The first-order valence-corrected chi connectivity index (χ1v) is 20.7. The van der Waals surface area contributed by atoms with Crippen molar-refractivity contribution in [1.82, 2.24) is 0 Å². The van der Waals surface area contributed by atoms with E-state index in [1.54, 1.807) is 67.6 Å². The number of rotatable bonds is 4. The number of ether oxygens (including phenoxy) is 6. The smallest absolute Gasteiger partial charge is 0.338 e. The Hall–Kier alpha value is -3.50. The van der Waals surface area contributed by atoms with Crippen molar-refractivity contribution in [2.24, 2.45) is 35.5 Å². The molecular weight excluding hydrogens is 748 g/mol. The lowest BCUT2D eigenvalue weighted by Gasteiger charge is -2.74. The number of carbonyl (C=O) groups is 2. The second-order valence-electron chi connectivity index (χ2n) is 18.4. The van der Waals surface area contributed by atoms with Crippen molar-refractivity contribution >= 4 is 11.9 Å². The number of carbonyl (C=O) groups excluding carboxylic acids is 2. The maximum Gasteiger partial charge on any atom is 0.338 e. The van der Waals surface area contributed by atoms with E-state index in [2.05, 4.69) is 6.92 Å². The van der Waals surface area contributed by atoms with Gasteiger partial charge < -0.3 is 54.0 Å². The number of benzene rings is 2. The van der Waals surface area contributed by atoms with Gasteiger partial charge in [-0.25, -0.2) is 9.59 Å². The summed E-state index contributed by atoms with van der Waals surface area (Å²) >= 11 is 0. The van der Waals surface area contributed by atoms with E-state index in [1.807, 2.05) is 19.1 Å². The summed E-state index contributed by atoms with van der Waals surface area (Å²) in [5.41, 5.74) is -8.42. The van der Waals surface area contributed by atoms with Gasteiger partial charge in [-0.15, -0.1) is 0 Å². The van der Waals surface area contributed by atoms with Crippen LogP contribution in [0.2, 0.25) is 0 Å². The molecule has 18 unspecified atom stereocenters. The molecule has 10 aliphatic rings. The number of hydrogen-bond acceptors (Lipinski definition) is 13. The molecule has 13 nitrogen and oxygen atoms in total. The van der Waals surface area contributed by atoms with E-state index in [1.165, 1.54) is 12.2 Å². The molecule has 11 bridgehead atoms. The first-order valence-electron chi connectivity index (χ1n) is 20.7. The van der Waals surface area contributed by atoms with Gasteiger partial charge >= 0.3 is 17.9 Å². The Kier molecular flexibility index (Phi) is 8.67. The summed E-state index contributed by atoms with van der Waals surface area (Å²) in [6.07, 6.45) is 0.831. The zero-order valence-corrected chi connectivity index (χ0v) is 32.8. The van der Waals surface area contributed by atoms with Crippen LogP contribution in [0.4, 0.5) is 0 Å². The van der Waals surface area contributed by atoms with Gasteiger partial charge in [0.25, 0.3) is 0 Å². The van der Waals surface area contributed by atoms with Gasteiger partial charge in [-0.1, -0.05) is 74.5 Å². The zero-order valence-electron chi connectivity index (χ0n) is 32.8. The van der Waals surface area contributed by atoms with Crippen LogP contribution >= 0.6 is 0 Å². The van der Waals surface area contributed by atoms with Gasteiger partial charge in [-0.3, -0.25) is 0 Å². The summed E-state index contributed by atoms with van der Waals surface area (Å²) in [7, 11) is 0. The Bertz CT molecular complexity index is 2020. The van der Waals surface area contributed by atoms with E-state index in [0.717, 1.165) is 0 Å². The first kappa shape index (κ1) is 38.7. The Morgan fingerprint density at radius 3 is 2.31 bits per heavy atom. The largest absolute Gasteiger partial charge is 0.456 e. The number of esters is 2. The number of hydrogen-bond donors (Lipinski definition) is 5. The molecule has 6 heterocycles. The SMILES string of the molecule is CC1C2CCC1C(OC(=O)c1ccccc1)C=CC=CC(=O)OC1CCC3C1(O)C(O)C1(CO)OC1C1C4OC5(c6ccccc6)OC(C(C)C13O5)C4(O)C(C)(O)C2. The zero-order chi connectivity index (χ0) is 40.6. The summed E-state index contributed by atoms with van der Waals surface area (Å²) in [6, 6.07) is 17.7. The van der Waals surface area contributed by atoms with Crippen LogP contribution < -0.4 is 0 Å². The van der Waals surface area contributed by atoms with E-state index in [-0.39, 0.29) is 37.0 Å². The van der Waals surface area contributed by atoms with Gasteiger partial charge in [0, 0.05) is 35.3 Å². The molecule has 4 saturated heterocycles.